The summed E-state index contributed by atoms with van der Waals surface area (Å²) in [4.78, 5) is 13.6. The van der Waals surface area contributed by atoms with Gasteiger partial charge < -0.3 is 14.7 Å². The molecule has 20 heavy (non-hydrogen) atoms. The summed E-state index contributed by atoms with van der Waals surface area (Å²) >= 11 is 0. The number of nitrogens with zero attached hydrogens (tertiary/aromatic N) is 1. The molecule has 1 aliphatic rings. The summed E-state index contributed by atoms with van der Waals surface area (Å²) in [5.74, 6) is 0.0740. The minimum Gasteiger partial charge on any atom is -0.444 e. The first kappa shape index (κ1) is 14.9. The summed E-state index contributed by atoms with van der Waals surface area (Å²) in [7, 11) is 0. The van der Waals surface area contributed by atoms with Gasteiger partial charge in [-0.15, -0.1) is 0 Å². The number of β-amino-alcohol motifs (C(OH)–C–C–N with tert-alkyl or cyclic N) is 1. The van der Waals surface area contributed by atoms with E-state index in [0.717, 1.165) is 6.42 Å². The molecule has 1 heterocycles. The third-order valence-electron chi connectivity index (χ3n) is 3.40. The number of aliphatic hydroxyl groups excluding tert-OH is 1. The Kier molecular flexibility index (Phi) is 4.33. The molecule has 1 aromatic rings. The average molecular weight is 277 g/mol. The van der Waals surface area contributed by atoms with Gasteiger partial charge in [0.1, 0.15) is 5.60 Å². The van der Waals surface area contributed by atoms with Crippen LogP contribution in [0, 0.1) is 5.92 Å². The molecule has 0 aliphatic carbocycles. The van der Waals surface area contributed by atoms with Crippen LogP contribution in [0.1, 0.15) is 26.3 Å². The maximum absolute atomic E-state index is 12.0. The molecule has 0 spiro atoms. The number of benzene rings is 1. The highest BCUT2D eigenvalue weighted by atomic mass is 16.6. The molecule has 110 valence electrons. The Labute approximate surface area is 120 Å². The Hall–Kier alpha value is -1.55. The molecule has 1 fully saturated rings. The number of aliphatic hydroxyl groups is 1. The molecule has 0 bridgehead atoms. The molecule has 0 unspecified atom stereocenters. The molecule has 1 amide bonds. The van der Waals surface area contributed by atoms with Crippen molar-refractivity contribution in [2.24, 2.45) is 5.92 Å². The van der Waals surface area contributed by atoms with Crippen LogP contribution in [-0.4, -0.2) is 40.9 Å². The Bertz CT molecular complexity index is 453. The van der Waals surface area contributed by atoms with Crippen molar-refractivity contribution < 1.29 is 14.6 Å². The number of carbonyl (C=O) groups is 1. The Balaban J connectivity index is 1.94. The Morgan fingerprint density at radius 3 is 2.55 bits per heavy atom. The molecule has 0 aromatic heterocycles. The van der Waals surface area contributed by atoms with Crippen LogP contribution in [0.3, 0.4) is 0 Å². The SMILES string of the molecule is CC(C)(C)OC(=O)N1C[C@@H](Cc2ccccc2)[C@H](O)C1. The highest BCUT2D eigenvalue weighted by Crippen LogP contribution is 2.23. The quantitative estimate of drug-likeness (QED) is 0.903. The van der Waals surface area contributed by atoms with E-state index >= 15 is 0 Å². The number of rotatable bonds is 2. The number of carbonyl (C=O) groups excluding carboxylic acids is 1. The molecule has 2 rings (SSSR count). The van der Waals surface area contributed by atoms with Gasteiger partial charge in [-0.05, 0) is 32.8 Å². The molecular weight excluding hydrogens is 254 g/mol. The van der Waals surface area contributed by atoms with Crippen molar-refractivity contribution in [1.29, 1.82) is 0 Å². The molecule has 4 nitrogen and oxygen atoms in total. The zero-order chi connectivity index (χ0) is 14.8. The summed E-state index contributed by atoms with van der Waals surface area (Å²) in [5.41, 5.74) is 0.683. The first-order chi connectivity index (χ1) is 9.35. The predicted molar refractivity (Wildman–Crippen MR) is 77.4 cm³/mol. The van der Waals surface area contributed by atoms with Crippen molar-refractivity contribution in [2.75, 3.05) is 13.1 Å². The van der Waals surface area contributed by atoms with Crippen LogP contribution in [0.25, 0.3) is 0 Å². The van der Waals surface area contributed by atoms with E-state index in [1.165, 1.54) is 5.56 Å². The lowest BCUT2D eigenvalue weighted by molar-refractivity contribution is 0.0270. The van der Waals surface area contributed by atoms with Gasteiger partial charge in [-0.1, -0.05) is 30.3 Å². The predicted octanol–water partition coefficient (Wildman–Crippen LogP) is 2.46. The topological polar surface area (TPSA) is 49.8 Å². The number of hydrogen-bond acceptors (Lipinski definition) is 3. The van der Waals surface area contributed by atoms with Crippen molar-refractivity contribution in [3.8, 4) is 0 Å². The van der Waals surface area contributed by atoms with E-state index in [0.29, 0.717) is 13.1 Å². The third kappa shape index (κ3) is 3.97. The lowest BCUT2D eigenvalue weighted by Gasteiger charge is -2.24. The second kappa shape index (κ2) is 5.83. The molecule has 1 aliphatic heterocycles. The van der Waals surface area contributed by atoms with E-state index in [1.54, 1.807) is 4.90 Å². The van der Waals surface area contributed by atoms with Gasteiger partial charge in [0, 0.05) is 12.5 Å². The zero-order valence-corrected chi connectivity index (χ0v) is 12.4. The largest absolute Gasteiger partial charge is 0.444 e. The molecule has 1 N–H and O–H groups in total. The number of hydrogen-bond donors (Lipinski definition) is 1. The summed E-state index contributed by atoms with van der Waals surface area (Å²) in [6.07, 6.45) is -0.0452. The van der Waals surface area contributed by atoms with E-state index in [9.17, 15) is 9.90 Å². The van der Waals surface area contributed by atoms with Crippen molar-refractivity contribution in [1.82, 2.24) is 4.90 Å². The van der Waals surface area contributed by atoms with Gasteiger partial charge in [-0.2, -0.15) is 0 Å². The van der Waals surface area contributed by atoms with Gasteiger partial charge in [0.15, 0.2) is 0 Å². The summed E-state index contributed by atoms with van der Waals surface area (Å²) in [6, 6.07) is 10.0. The second-order valence-corrected chi connectivity index (χ2v) is 6.40. The zero-order valence-electron chi connectivity index (χ0n) is 12.4. The van der Waals surface area contributed by atoms with Crippen molar-refractivity contribution in [3.05, 3.63) is 35.9 Å². The van der Waals surface area contributed by atoms with Crippen LogP contribution in [0.2, 0.25) is 0 Å². The van der Waals surface area contributed by atoms with Crippen LogP contribution in [0.4, 0.5) is 4.79 Å². The van der Waals surface area contributed by atoms with Gasteiger partial charge >= 0.3 is 6.09 Å². The van der Waals surface area contributed by atoms with E-state index in [2.05, 4.69) is 0 Å². The minimum atomic E-state index is -0.500. The van der Waals surface area contributed by atoms with E-state index in [-0.39, 0.29) is 12.0 Å². The van der Waals surface area contributed by atoms with Crippen LogP contribution in [-0.2, 0) is 11.2 Å². The van der Waals surface area contributed by atoms with Crippen molar-refractivity contribution in [3.63, 3.8) is 0 Å². The number of amides is 1. The number of ether oxygens (including phenoxy) is 1. The Morgan fingerprint density at radius 1 is 1.30 bits per heavy atom. The lowest BCUT2D eigenvalue weighted by atomic mass is 9.97. The summed E-state index contributed by atoms with van der Waals surface area (Å²) in [5, 5.41) is 10.1. The van der Waals surface area contributed by atoms with Crippen LogP contribution >= 0.6 is 0 Å². The first-order valence-electron chi connectivity index (χ1n) is 7.05. The maximum Gasteiger partial charge on any atom is 0.410 e. The van der Waals surface area contributed by atoms with E-state index in [4.69, 9.17) is 4.74 Å². The standard InChI is InChI=1S/C16H23NO3/c1-16(2,3)20-15(19)17-10-13(14(18)11-17)9-12-7-5-4-6-8-12/h4-8,13-14,18H,9-11H2,1-3H3/t13-,14-/m1/s1. The lowest BCUT2D eigenvalue weighted by Crippen LogP contribution is -2.35. The van der Waals surface area contributed by atoms with Crippen molar-refractivity contribution in [2.45, 2.75) is 38.9 Å². The normalized spacial score (nSPS) is 22.9. The molecule has 0 saturated carbocycles. The fraction of sp³-hybridized carbons (Fsp3) is 0.562. The Morgan fingerprint density at radius 2 is 1.95 bits per heavy atom. The highest BCUT2D eigenvalue weighted by Gasteiger charge is 2.35. The fourth-order valence-corrected chi connectivity index (χ4v) is 2.45. The average Bonchev–Trinajstić information content (AvgIpc) is 2.70. The van der Waals surface area contributed by atoms with Crippen LogP contribution in [0.5, 0.6) is 0 Å². The van der Waals surface area contributed by atoms with Crippen LogP contribution < -0.4 is 0 Å². The number of likely N-dealkylation sites (tertiary alicyclic amines) is 1. The molecule has 4 heteroatoms. The second-order valence-electron chi connectivity index (χ2n) is 6.40. The first-order valence-corrected chi connectivity index (χ1v) is 7.05. The fourth-order valence-electron chi connectivity index (χ4n) is 2.45. The molecule has 2 atom stereocenters. The van der Waals surface area contributed by atoms with Crippen molar-refractivity contribution >= 4 is 6.09 Å². The molecule has 1 aromatic carbocycles. The monoisotopic (exact) mass is 277 g/mol. The smallest absolute Gasteiger partial charge is 0.410 e. The summed E-state index contributed by atoms with van der Waals surface area (Å²) < 4.78 is 5.34. The van der Waals surface area contributed by atoms with Gasteiger partial charge in [0.05, 0.1) is 12.6 Å². The minimum absolute atomic E-state index is 0.0740. The van der Waals surface area contributed by atoms with E-state index < -0.39 is 11.7 Å². The highest BCUT2D eigenvalue weighted by molar-refractivity contribution is 5.68. The van der Waals surface area contributed by atoms with E-state index in [1.807, 2.05) is 51.1 Å². The summed E-state index contributed by atoms with van der Waals surface area (Å²) in [6.45, 7) is 6.44. The van der Waals surface area contributed by atoms with Gasteiger partial charge in [0.2, 0.25) is 0 Å². The molecule has 1 saturated heterocycles. The molecular formula is C16H23NO3. The van der Waals surface area contributed by atoms with Gasteiger partial charge in [-0.3, -0.25) is 0 Å². The maximum atomic E-state index is 12.0. The van der Waals surface area contributed by atoms with Crippen LogP contribution in [0.15, 0.2) is 30.3 Å². The van der Waals surface area contributed by atoms with Gasteiger partial charge in [0.25, 0.3) is 0 Å². The third-order valence-corrected chi connectivity index (χ3v) is 3.40. The molecule has 0 radical (unpaired) electrons. The van der Waals surface area contributed by atoms with Gasteiger partial charge in [-0.25, -0.2) is 4.79 Å².